The van der Waals surface area contributed by atoms with E-state index in [9.17, 15) is 10.1 Å². The Labute approximate surface area is 114 Å². The smallest absolute Gasteiger partial charge is 0.273 e. The summed E-state index contributed by atoms with van der Waals surface area (Å²) in [6.07, 6.45) is 2.07. The Morgan fingerprint density at radius 1 is 1.21 bits per heavy atom. The number of hydrogen-bond donors (Lipinski definition) is 2. The Morgan fingerprint density at radius 3 is 2.37 bits per heavy atom. The van der Waals surface area contributed by atoms with Gasteiger partial charge in [0.05, 0.1) is 4.92 Å². The van der Waals surface area contributed by atoms with Crippen LogP contribution in [0.4, 0.5) is 17.1 Å². The number of rotatable bonds is 7. The van der Waals surface area contributed by atoms with Crippen LogP contribution in [0.15, 0.2) is 18.2 Å². The third-order valence-electron chi connectivity index (χ3n) is 2.87. The number of anilines is 2. The van der Waals surface area contributed by atoms with E-state index >= 15 is 0 Å². The second-order valence-corrected chi connectivity index (χ2v) is 5.31. The molecule has 0 aromatic heterocycles. The topological polar surface area (TPSA) is 67.2 Å². The summed E-state index contributed by atoms with van der Waals surface area (Å²) in [5.41, 5.74) is 1.58. The minimum Gasteiger partial charge on any atom is -0.385 e. The van der Waals surface area contributed by atoms with E-state index in [0.29, 0.717) is 0 Å². The van der Waals surface area contributed by atoms with Crippen LogP contribution in [0.1, 0.15) is 40.5 Å². The summed E-state index contributed by atoms with van der Waals surface area (Å²) >= 11 is 0. The van der Waals surface area contributed by atoms with Gasteiger partial charge in [-0.25, -0.2) is 0 Å². The van der Waals surface area contributed by atoms with Crippen LogP contribution in [-0.2, 0) is 0 Å². The van der Waals surface area contributed by atoms with Crippen LogP contribution in [-0.4, -0.2) is 17.0 Å². The number of nitrogens with one attached hydrogen (secondary N) is 2. The monoisotopic (exact) mass is 265 g/mol. The van der Waals surface area contributed by atoms with Crippen LogP contribution < -0.4 is 10.6 Å². The fourth-order valence-corrected chi connectivity index (χ4v) is 2.17. The molecule has 5 nitrogen and oxygen atoms in total. The van der Waals surface area contributed by atoms with E-state index < -0.39 is 0 Å². The molecule has 0 atom stereocenters. The summed E-state index contributed by atoms with van der Waals surface area (Å²) in [4.78, 5) is 10.6. The van der Waals surface area contributed by atoms with E-state index in [4.69, 9.17) is 0 Å². The normalized spacial score (nSPS) is 11.2. The molecule has 0 spiro atoms. The van der Waals surface area contributed by atoms with E-state index in [2.05, 4.69) is 31.4 Å². The van der Waals surface area contributed by atoms with Gasteiger partial charge in [0, 0.05) is 35.6 Å². The molecule has 1 aromatic carbocycles. The van der Waals surface area contributed by atoms with Crippen molar-refractivity contribution in [3.05, 3.63) is 28.3 Å². The van der Waals surface area contributed by atoms with Crippen molar-refractivity contribution in [2.24, 2.45) is 0 Å². The Bertz CT molecular complexity index is 444. The molecule has 106 valence electrons. The molecule has 0 aliphatic rings. The number of benzene rings is 1. The van der Waals surface area contributed by atoms with Gasteiger partial charge in [-0.3, -0.25) is 10.1 Å². The quantitative estimate of drug-likeness (QED) is 0.577. The lowest BCUT2D eigenvalue weighted by atomic mass is 9.98. The lowest BCUT2D eigenvalue weighted by Gasteiger charge is -2.27. The van der Waals surface area contributed by atoms with Gasteiger partial charge >= 0.3 is 0 Å². The van der Waals surface area contributed by atoms with Crippen molar-refractivity contribution in [2.75, 3.05) is 17.2 Å². The molecule has 0 heterocycles. The predicted molar refractivity (Wildman–Crippen MR) is 79.9 cm³/mol. The van der Waals surface area contributed by atoms with E-state index in [1.807, 2.05) is 13.0 Å². The van der Waals surface area contributed by atoms with Crippen LogP contribution in [0.25, 0.3) is 0 Å². The molecule has 0 aliphatic heterocycles. The van der Waals surface area contributed by atoms with Crippen molar-refractivity contribution in [1.29, 1.82) is 0 Å². The second-order valence-electron chi connectivity index (χ2n) is 5.31. The molecular formula is C14H23N3O2. The zero-order valence-corrected chi connectivity index (χ0v) is 12.1. The second kappa shape index (κ2) is 6.41. The van der Waals surface area contributed by atoms with Gasteiger partial charge in [0.1, 0.15) is 0 Å². The standard InChI is InChI=1S/C14H23N3O2/c1-5-7-14(3,4)16-12-8-11(15-6-2)9-13(10-12)17(18)19/h8-10,15-16H,5-7H2,1-4H3. The minimum absolute atomic E-state index is 0.0759. The molecule has 0 bridgehead atoms. The summed E-state index contributed by atoms with van der Waals surface area (Å²) in [5, 5.41) is 17.4. The highest BCUT2D eigenvalue weighted by atomic mass is 16.6. The first-order valence-electron chi connectivity index (χ1n) is 6.69. The van der Waals surface area contributed by atoms with Gasteiger partial charge in [-0.2, -0.15) is 0 Å². The highest BCUT2D eigenvalue weighted by molar-refractivity contribution is 5.64. The molecule has 0 aliphatic carbocycles. The average Bonchev–Trinajstić information content (AvgIpc) is 2.27. The van der Waals surface area contributed by atoms with Crippen LogP contribution in [0.3, 0.4) is 0 Å². The SMILES string of the molecule is CCCC(C)(C)Nc1cc(NCC)cc([N+](=O)[O-])c1. The lowest BCUT2D eigenvalue weighted by molar-refractivity contribution is -0.384. The summed E-state index contributed by atoms with van der Waals surface area (Å²) in [7, 11) is 0. The summed E-state index contributed by atoms with van der Waals surface area (Å²) in [6, 6.07) is 5.05. The fraction of sp³-hybridized carbons (Fsp3) is 0.571. The van der Waals surface area contributed by atoms with Crippen molar-refractivity contribution in [3.8, 4) is 0 Å². The first-order valence-corrected chi connectivity index (χ1v) is 6.69. The molecular weight excluding hydrogens is 242 g/mol. The fourth-order valence-electron chi connectivity index (χ4n) is 2.17. The maximum absolute atomic E-state index is 11.0. The highest BCUT2D eigenvalue weighted by Gasteiger charge is 2.18. The first kappa shape index (κ1) is 15.3. The van der Waals surface area contributed by atoms with E-state index in [-0.39, 0.29) is 16.1 Å². The summed E-state index contributed by atoms with van der Waals surface area (Å²) in [6.45, 7) is 9.03. The maximum Gasteiger partial charge on any atom is 0.273 e. The number of non-ortho nitro benzene ring substituents is 1. The number of nitro groups is 1. The molecule has 5 heteroatoms. The van der Waals surface area contributed by atoms with Gasteiger partial charge in [-0.15, -0.1) is 0 Å². The van der Waals surface area contributed by atoms with Crippen molar-refractivity contribution < 1.29 is 4.92 Å². The van der Waals surface area contributed by atoms with Gasteiger partial charge in [-0.1, -0.05) is 13.3 Å². The van der Waals surface area contributed by atoms with E-state index in [1.54, 1.807) is 12.1 Å². The number of nitro benzene ring substituents is 1. The van der Waals surface area contributed by atoms with Crippen LogP contribution >= 0.6 is 0 Å². The van der Waals surface area contributed by atoms with Crippen molar-refractivity contribution in [3.63, 3.8) is 0 Å². The third-order valence-corrected chi connectivity index (χ3v) is 2.87. The Kier molecular flexibility index (Phi) is 5.15. The number of hydrogen-bond acceptors (Lipinski definition) is 4. The Hall–Kier alpha value is -1.78. The van der Waals surface area contributed by atoms with Gasteiger partial charge in [-0.05, 0) is 33.3 Å². The van der Waals surface area contributed by atoms with Crippen LogP contribution in [0.5, 0.6) is 0 Å². The molecule has 2 N–H and O–H groups in total. The van der Waals surface area contributed by atoms with E-state index in [1.165, 1.54) is 0 Å². The molecule has 1 rings (SSSR count). The van der Waals surface area contributed by atoms with Gasteiger partial charge in [0.15, 0.2) is 0 Å². The minimum atomic E-state index is -0.362. The van der Waals surface area contributed by atoms with Crippen molar-refractivity contribution in [1.82, 2.24) is 0 Å². The Morgan fingerprint density at radius 2 is 1.84 bits per heavy atom. The first-order chi connectivity index (χ1) is 8.88. The largest absolute Gasteiger partial charge is 0.385 e. The Balaban J connectivity index is 3.02. The average molecular weight is 265 g/mol. The van der Waals surface area contributed by atoms with E-state index in [0.717, 1.165) is 30.8 Å². The summed E-state index contributed by atoms with van der Waals surface area (Å²) < 4.78 is 0. The van der Waals surface area contributed by atoms with Gasteiger partial charge in [0.25, 0.3) is 5.69 Å². The molecule has 1 aromatic rings. The highest BCUT2D eigenvalue weighted by Crippen LogP contribution is 2.27. The van der Waals surface area contributed by atoms with Crippen molar-refractivity contribution in [2.45, 2.75) is 46.1 Å². The molecule has 19 heavy (non-hydrogen) atoms. The van der Waals surface area contributed by atoms with Gasteiger partial charge < -0.3 is 10.6 Å². The lowest BCUT2D eigenvalue weighted by Crippen LogP contribution is -2.30. The molecule has 0 fully saturated rings. The summed E-state index contributed by atoms with van der Waals surface area (Å²) in [5.74, 6) is 0. The molecule has 0 amide bonds. The zero-order valence-electron chi connectivity index (χ0n) is 12.1. The number of nitrogens with zero attached hydrogens (tertiary/aromatic N) is 1. The van der Waals surface area contributed by atoms with Crippen molar-refractivity contribution >= 4 is 17.1 Å². The maximum atomic E-state index is 11.0. The molecule has 0 radical (unpaired) electrons. The molecule has 0 saturated heterocycles. The predicted octanol–water partition coefficient (Wildman–Crippen LogP) is 4.02. The third kappa shape index (κ3) is 4.77. The zero-order chi connectivity index (χ0) is 14.5. The van der Waals surface area contributed by atoms with Crippen LogP contribution in [0, 0.1) is 10.1 Å². The molecule has 0 unspecified atom stereocenters. The van der Waals surface area contributed by atoms with Crippen LogP contribution in [0.2, 0.25) is 0 Å². The van der Waals surface area contributed by atoms with Gasteiger partial charge in [0.2, 0.25) is 0 Å². The molecule has 0 saturated carbocycles.